The molecule has 0 unspecified atom stereocenters. The van der Waals surface area contributed by atoms with Crippen LogP contribution in [0.15, 0.2) is 88.8 Å². The zero-order chi connectivity index (χ0) is 30.7. The van der Waals surface area contributed by atoms with E-state index in [0.29, 0.717) is 28.0 Å². The average molecular weight is 579 g/mol. The lowest BCUT2D eigenvalue weighted by atomic mass is 9.96. The first-order valence-corrected chi connectivity index (χ1v) is 14.1. The van der Waals surface area contributed by atoms with Crippen molar-refractivity contribution in [2.75, 3.05) is 26.1 Å². The van der Waals surface area contributed by atoms with Gasteiger partial charge in [-0.05, 0) is 78.1 Å². The Kier molecular flexibility index (Phi) is 8.57. The van der Waals surface area contributed by atoms with E-state index in [9.17, 15) is 9.18 Å². The van der Waals surface area contributed by atoms with Crippen molar-refractivity contribution in [2.45, 2.75) is 33.3 Å². The lowest BCUT2D eigenvalue weighted by Crippen LogP contribution is -2.21. The third-order valence-electron chi connectivity index (χ3n) is 7.33. The summed E-state index contributed by atoms with van der Waals surface area (Å²) in [6.07, 6.45) is 1.61. The first kappa shape index (κ1) is 29.5. The van der Waals surface area contributed by atoms with Crippen molar-refractivity contribution in [1.82, 2.24) is 9.66 Å². The number of para-hydroxylation sites is 1. The Labute approximate surface area is 250 Å². The lowest BCUT2D eigenvalue weighted by molar-refractivity contribution is 0.305. The molecule has 0 fully saturated rings. The van der Waals surface area contributed by atoms with Gasteiger partial charge < -0.3 is 14.4 Å². The maximum Gasteiger partial charge on any atom is 0.282 e. The number of nitrogens with zero attached hydrogens (tertiary/aromatic N) is 4. The summed E-state index contributed by atoms with van der Waals surface area (Å²) in [6, 6.07) is 23.2. The summed E-state index contributed by atoms with van der Waals surface area (Å²) in [5.74, 6) is 1.68. The maximum absolute atomic E-state index is 13.9. The third-order valence-corrected chi connectivity index (χ3v) is 7.33. The highest BCUT2D eigenvalue weighted by atomic mass is 19.1. The average Bonchev–Trinajstić information content (AvgIpc) is 3.00. The van der Waals surface area contributed by atoms with Gasteiger partial charge in [-0.1, -0.05) is 38.1 Å². The molecule has 220 valence electrons. The Bertz CT molecular complexity index is 1860. The molecule has 0 N–H and O–H groups in total. The molecule has 8 heteroatoms. The van der Waals surface area contributed by atoms with E-state index >= 15 is 0 Å². The summed E-state index contributed by atoms with van der Waals surface area (Å²) in [4.78, 5) is 20.8. The van der Waals surface area contributed by atoms with Crippen LogP contribution in [0.3, 0.4) is 0 Å². The molecule has 0 bridgehead atoms. The Morgan fingerprint density at radius 2 is 1.74 bits per heavy atom. The number of ether oxygens (including phenoxy) is 2. The minimum absolute atomic E-state index is 0.189. The van der Waals surface area contributed by atoms with Gasteiger partial charge in [0.05, 0.1) is 24.2 Å². The molecule has 0 aliphatic heterocycles. The van der Waals surface area contributed by atoms with Crippen molar-refractivity contribution < 1.29 is 13.9 Å². The molecule has 5 rings (SSSR count). The highest BCUT2D eigenvalue weighted by Crippen LogP contribution is 2.34. The number of hydrogen-bond acceptors (Lipinski definition) is 6. The zero-order valence-electron chi connectivity index (χ0n) is 25.3. The molecule has 0 amide bonds. The van der Waals surface area contributed by atoms with Crippen LogP contribution in [0.5, 0.6) is 11.5 Å². The number of methoxy groups -OCH3 is 1. The first-order valence-electron chi connectivity index (χ1n) is 14.1. The van der Waals surface area contributed by atoms with Crippen molar-refractivity contribution in [3.8, 4) is 22.9 Å². The van der Waals surface area contributed by atoms with Crippen LogP contribution in [0.25, 0.3) is 22.3 Å². The molecular formula is C35H35FN4O3. The number of anilines is 1. The topological polar surface area (TPSA) is 69.0 Å². The Morgan fingerprint density at radius 3 is 2.44 bits per heavy atom. The molecule has 0 radical (unpaired) electrons. The van der Waals surface area contributed by atoms with Crippen molar-refractivity contribution in [3.05, 3.63) is 117 Å². The van der Waals surface area contributed by atoms with E-state index in [2.05, 4.69) is 13.8 Å². The lowest BCUT2D eigenvalue weighted by Gasteiger charge is -2.18. The zero-order valence-corrected chi connectivity index (χ0v) is 25.3. The number of benzene rings is 4. The van der Waals surface area contributed by atoms with Crippen LogP contribution in [0, 0.1) is 12.7 Å². The van der Waals surface area contributed by atoms with Gasteiger partial charge in [-0.15, -0.1) is 0 Å². The molecule has 1 heterocycles. The number of halogens is 1. The first-order chi connectivity index (χ1) is 20.7. The molecule has 4 aromatic carbocycles. The van der Waals surface area contributed by atoms with Gasteiger partial charge >= 0.3 is 0 Å². The van der Waals surface area contributed by atoms with Gasteiger partial charge in [0.25, 0.3) is 5.56 Å². The van der Waals surface area contributed by atoms with E-state index < -0.39 is 0 Å². The van der Waals surface area contributed by atoms with Crippen molar-refractivity contribution in [3.63, 3.8) is 0 Å². The van der Waals surface area contributed by atoms with Gasteiger partial charge in [-0.3, -0.25) is 4.79 Å². The second-order valence-corrected chi connectivity index (χ2v) is 10.9. The minimum Gasteiger partial charge on any atom is -0.496 e. The van der Waals surface area contributed by atoms with Gasteiger partial charge in [0.2, 0.25) is 0 Å². The Morgan fingerprint density at radius 1 is 1.00 bits per heavy atom. The monoisotopic (exact) mass is 578 g/mol. The van der Waals surface area contributed by atoms with E-state index in [4.69, 9.17) is 19.6 Å². The Balaban J connectivity index is 1.64. The highest BCUT2D eigenvalue weighted by molar-refractivity contribution is 5.85. The van der Waals surface area contributed by atoms with Gasteiger partial charge in [0.1, 0.15) is 23.9 Å². The van der Waals surface area contributed by atoms with E-state index in [1.165, 1.54) is 16.8 Å². The predicted octanol–water partition coefficient (Wildman–Crippen LogP) is 7.17. The van der Waals surface area contributed by atoms with Crippen LogP contribution < -0.4 is 19.9 Å². The Hall–Kier alpha value is -4.98. The minimum atomic E-state index is -0.302. The van der Waals surface area contributed by atoms with Crippen LogP contribution in [0.1, 0.15) is 42.0 Å². The number of rotatable bonds is 9. The van der Waals surface area contributed by atoms with Crippen molar-refractivity contribution >= 4 is 22.8 Å². The number of hydrogen-bond donors (Lipinski definition) is 0. The molecule has 7 nitrogen and oxygen atoms in total. The van der Waals surface area contributed by atoms with Gasteiger partial charge in [0, 0.05) is 37.0 Å². The van der Waals surface area contributed by atoms with Gasteiger partial charge in [-0.25, -0.2) is 9.37 Å². The van der Waals surface area contributed by atoms with E-state index in [1.54, 1.807) is 31.5 Å². The SMILES string of the molecule is COc1cc(C)c(-c2nc3ccccc3c(=O)n2N=Cc2ccc(N(C)C)cc2OCc2ccc(F)cc2)cc1C(C)C. The van der Waals surface area contributed by atoms with Crippen molar-refractivity contribution in [1.29, 1.82) is 0 Å². The maximum atomic E-state index is 13.9. The smallest absolute Gasteiger partial charge is 0.282 e. The molecular weight excluding hydrogens is 543 g/mol. The highest BCUT2D eigenvalue weighted by Gasteiger charge is 2.18. The fourth-order valence-corrected chi connectivity index (χ4v) is 4.87. The van der Waals surface area contributed by atoms with Gasteiger partial charge in [0.15, 0.2) is 5.82 Å². The summed E-state index contributed by atoms with van der Waals surface area (Å²) in [5.41, 5.74) is 5.46. The predicted molar refractivity (Wildman–Crippen MR) is 171 cm³/mol. The molecule has 0 spiro atoms. The molecule has 0 saturated carbocycles. The second-order valence-electron chi connectivity index (χ2n) is 10.9. The molecule has 0 saturated heterocycles. The molecule has 0 aliphatic carbocycles. The van der Waals surface area contributed by atoms with Crippen LogP contribution in [0.4, 0.5) is 10.1 Å². The van der Waals surface area contributed by atoms with E-state index in [-0.39, 0.29) is 23.9 Å². The summed E-state index contributed by atoms with van der Waals surface area (Å²) < 4.78 is 26.6. The number of aromatic nitrogens is 2. The third kappa shape index (κ3) is 6.28. The van der Waals surface area contributed by atoms with Gasteiger partial charge in [-0.2, -0.15) is 9.78 Å². The number of aryl methyl sites for hydroxylation is 1. The second kappa shape index (κ2) is 12.5. The van der Waals surface area contributed by atoms with Crippen molar-refractivity contribution in [2.24, 2.45) is 5.10 Å². The van der Waals surface area contributed by atoms with Crippen LogP contribution >= 0.6 is 0 Å². The molecule has 43 heavy (non-hydrogen) atoms. The quantitative estimate of drug-likeness (QED) is 0.174. The van der Waals surface area contributed by atoms with Crippen LogP contribution in [-0.4, -0.2) is 37.1 Å². The molecule has 0 atom stereocenters. The van der Waals surface area contributed by atoms with Crippen LogP contribution in [0.2, 0.25) is 0 Å². The van der Waals surface area contributed by atoms with Crippen LogP contribution in [-0.2, 0) is 6.61 Å². The summed E-state index contributed by atoms with van der Waals surface area (Å²) in [5, 5.41) is 5.17. The molecule has 0 aliphatic rings. The summed E-state index contributed by atoms with van der Waals surface area (Å²) in [7, 11) is 5.55. The fraction of sp³-hybridized carbons (Fsp3) is 0.229. The number of fused-ring (bicyclic) bond motifs is 1. The fourth-order valence-electron chi connectivity index (χ4n) is 4.87. The molecule has 1 aromatic heterocycles. The largest absolute Gasteiger partial charge is 0.496 e. The summed E-state index contributed by atoms with van der Waals surface area (Å²) in [6.45, 7) is 6.41. The molecule has 5 aromatic rings. The summed E-state index contributed by atoms with van der Waals surface area (Å²) >= 11 is 0. The standard InChI is InChI=1S/C35H35FN4O3/c1-22(2)29-19-30(23(3)17-33(29)42-6)34-38-31-10-8-7-9-28(31)35(41)40(34)37-20-25-13-16-27(39(4)5)18-32(25)43-21-24-11-14-26(36)15-12-24/h7-20,22H,21H2,1-6H3. The van der Waals surface area contributed by atoms with E-state index in [1.807, 2.05) is 74.4 Å². The van der Waals surface area contributed by atoms with E-state index in [0.717, 1.165) is 33.7 Å². The normalized spacial score (nSPS) is 11.4.